The molecule has 0 unspecified atom stereocenters. The van der Waals surface area contributed by atoms with Crippen LogP contribution in [0.5, 0.6) is 5.75 Å². The van der Waals surface area contributed by atoms with E-state index in [2.05, 4.69) is 25.4 Å². The van der Waals surface area contributed by atoms with Crippen LogP contribution in [0.2, 0.25) is 0 Å². The number of methoxy groups -OCH3 is 1. The smallest absolute Gasteiger partial charge is 0.151 e. The van der Waals surface area contributed by atoms with Gasteiger partial charge in [-0.3, -0.25) is 5.43 Å². The summed E-state index contributed by atoms with van der Waals surface area (Å²) in [7, 11) is 1.64. The van der Waals surface area contributed by atoms with Crippen molar-refractivity contribution in [3.05, 3.63) is 42.2 Å². The van der Waals surface area contributed by atoms with Gasteiger partial charge in [-0.05, 0) is 12.1 Å². The first kappa shape index (κ1) is 15.2. The van der Waals surface area contributed by atoms with Crippen LogP contribution in [0.3, 0.4) is 0 Å². The molecule has 1 aliphatic heterocycles. The number of benzene rings is 1. The summed E-state index contributed by atoms with van der Waals surface area (Å²) < 4.78 is 10.6. The maximum absolute atomic E-state index is 5.35. The first-order valence-electron chi connectivity index (χ1n) is 7.43. The molecule has 0 spiro atoms. The molecule has 0 bridgehead atoms. The van der Waals surface area contributed by atoms with Crippen molar-refractivity contribution in [1.29, 1.82) is 0 Å². The zero-order chi connectivity index (χ0) is 15.9. The second kappa shape index (κ2) is 7.55. The summed E-state index contributed by atoms with van der Waals surface area (Å²) in [6, 6.07) is 9.56. The van der Waals surface area contributed by atoms with E-state index in [4.69, 9.17) is 9.47 Å². The van der Waals surface area contributed by atoms with Gasteiger partial charge in [0.2, 0.25) is 0 Å². The zero-order valence-corrected chi connectivity index (χ0v) is 13.0. The lowest BCUT2D eigenvalue weighted by atomic mass is 10.2. The lowest BCUT2D eigenvalue weighted by Crippen LogP contribution is -2.36. The van der Waals surface area contributed by atoms with Crippen LogP contribution >= 0.6 is 0 Å². The first-order valence-corrected chi connectivity index (χ1v) is 7.43. The molecule has 2 aromatic rings. The number of nitrogens with zero attached hydrogens (tertiary/aromatic N) is 4. The Kier molecular flexibility index (Phi) is 5.00. The van der Waals surface area contributed by atoms with Gasteiger partial charge >= 0.3 is 0 Å². The second-order valence-corrected chi connectivity index (χ2v) is 4.97. The van der Waals surface area contributed by atoms with E-state index >= 15 is 0 Å². The van der Waals surface area contributed by atoms with Gasteiger partial charge in [0.1, 0.15) is 17.9 Å². The predicted octanol–water partition coefficient (Wildman–Crippen LogP) is 1.77. The third-order valence-corrected chi connectivity index (χ3v) is 3.51. The first-order chi connectivity index (χ1) is 11.4. The number of ether oxygens (including phenoxy) is 2. The molecule has 3 rings (SSSR count). The molecule has 1 aliphatic rings. The minimum atomic E-state index is 0.646. The minimum Gasteiger partial charge on any atom is -0.496 e. The average molecular weight is 313 g/mol. The summed E-state index contributed by atoms with van der Waals surface area (Å²) in [5.41, 5.74) is 3.82. The molecule has 0 saturated carbocycles. The maximum Gasteiger partial charge on any atom is 0.151 e. The van der Waals surface area contributed by atoms with Crippen LogP contribution in [0, 0.1) is 0 Å². The Morgan fingerprint density at radius 3 is 2.91 bits per heavy atom. The van der Waals surface area contributed by atoms with Crippen LogP contribution in [0.1, 0.15) is 5.56 Å². The van der Waals surface area contributed by atoms with Crippen molar-refractivity contribution in [2.75, 3.05) is 43.7 Å². The summed E-state index contributed by atoms with van der Waals surface area (Å²) in [6.07, 6.45) is 3.24. The molecule has 0 atom stereocenters. The van der Waals surface area contributed by atoms with Gasteiger partial charge in [0, 0.05) is 24.7 Å². The molecule has 1 aromatic carbocycles. The Labute approximate surface area is 135 Å². The summed E-state index contributed by atoms with van der Waals surface area (Å²) >= 11 is 0. The van der Waals surface area contributed by atoms with Gasteiger partial charge in [-0.25, -0.2) is 9.97 Å². The van der Waals surface area contributed by atoms with Gasteiger partial charge in [-0.15, -0.1) is 0 Å². The molecule has 0 radical (unpaired) electrons. The molecular weight excluding hydrogens is 294 g/mol. The highest BCUT2D eigenvalue weighted by Gasteiger charge is 2.12. The molecule has 7 heteroatoms. The van der Waals surface area contributed by atoms with Gasteiger partial charge < -0.3 is 14.4 Å². The number of anilines is 2. The van der Waals surface area contributed by atoms with Gasteiger partial charge in [0.25, 0.3) is 0 Å². The molecule has 1 aromatic heterocycles. The molecule has 0 amide bonds. The largest absolute Gasteiger partial charge is 0.496 e. The zero-order valence-electron chi connectivity index (χ0n) is 13.0. The SMILES string of the molecule is COc1ccccc1/C=N/Nc1cc(N2CCOCC2)ncn1. The summed E-state index contributed by atoms with van der Waals surface area (Å²) in [5, 5.41) is 4.22. The van der Waals surface area contributed by atoms with E-state index in [-0.39, 0.29) is 0 Å². The Balaban J connectivity index is 1.67. The highest BCUT2D eigenvalue weighted by molar-refractivity contribution is 5.83. The summed E-state index contributed by atoms with van der Waals surface area (Å²) in [6.45, 7) is 3.11. The van der Waals surface area contributed by atoms with Crippen LogP contribution in [0.15, 0.2) is 41.8 Å². The maximum atomic E-state index is 5.35. The molecule has 0 aliphatic carbocycles. The van der Waals surface area contributed by atoms with E-state index in [0.717, 1.165) is 43.4 Å². The van der Waals surface area contributed by atoms with Crippen LogP contribution < -0.4 is 15.1 Å². The number of para-hydroxylation sites is 1. The van der Waals surface area contributed by atoms with Gasteiger partial charge in [-0.1, -0.05) is 12.1 Å². The number of morpholine rings is 1. The van der Waals surface area contributed by atoms with Crippen molar-refractivity contribution in [3.8, 4) is 5.75 Å². The molecule has 1 fully saturated rings. The molecule has 120 valence electrons. The number of hydrogen-bond acceptors (Lipinski definition) is 7. The van der Waals surface area contributed by atoms with Crippen molar-refractivity contribution in [1.82, 2.24) is 9.97 Å². The molecule has 2 heterocycles. The number of nitrogens with one attached hydrogen (secondary N) is 1. The summed E-state index contributed by atoms with van der Waals surface area (Å²) in [4.78, 5) is 10.7. The van der Waals surface area contributed by atoms with Crippen molar-refractivity contribution < 1.29 is 9.47 Å². The average Bonchev–Trinajstić information content (AvgIpc) is 2.63. The van der Waals surface area contributed by atoms with E-state index in [9.17, 15) is 0 Å². The van der Waals surface area contributed by atoms with E-state index < -0.39 is 0 Å². The molecule has 1 N–H and O–H groups in total. The topological polar surface area (TPSA) is 71.9 Å². The molecule has 7 nitrogen and oxygen atoms in total. The van der Waals surface area contributed by atoms with Gasteiger partial charge in [0.15, 0.2) is 5.82 Å². The number of aromatic nitrogens is 2. The highest BCUT2D eigenvalue weighted by Crippen LogP contribution is 2.16. The van der Waals surface area contributed by atoms with E-state index in [0.29, 0.717) is 5.82 Å². The third kappa shape index (κ3) is 3.95. The minimum absolute atomic E-state index is 0.646. The van der Waals surface area contributed by atoms with Crippen LogP contribution in [0.25, 0.3) is 0 Å². The standard InChI is InChI=1S/C16H19N5O2/c1-22-14-5-3-2-4-13(14)11-19-20-15-10-16(18-12-17-15)21-6-8-23-9-7-21/h2-5,10-12H,6-9H2,1H3,(H,17,18,20)/b19-11+. The molecule has 23 heavy (non-hydrogen) atoms. The van der Waals surface area contributed by atoms with Gasteiger partial charge in [0.05, 0.1) is 26.5 Å². The Morgan fingerprint density at radius 2 is 2.09 bits per heavy atom. The molecule has 1 saturated heterocycles. The van der Waals surface area contributed by atoms with Crippen molar-refractivity contribution in [2.24, 2.45) is 5.10 Å². The van der Waals surface area contributed by atoms with Crippen LogP contribution in [0.4, 0.5) is 11.6 Å². The van der Waals surface area contributed by atoms with Gasteiger partial charge in [-0.2, -0.15) is 5.10 Å². The summed E-state index contributed by atoms with van der Waals surface area (Å²) in [5.74, 6) is 2.29. The van der Waals surface area contributed by atoms with Crippen molar-refractivity contribution in [3.63, 3.8) is 0 Å². The second-order valence-electron chi connectivity index (χ2n) is 4.97. The lowest BCUT2D eigenvalue weighted by Gasteiger charge is -2.27. The Hall–Kier alpha value is -2.67. The molecular formula is C16H19N5O2. The van der Waals surface area contributed by atoms with Crippen molar-refractivity contribution in [2.45, 2.75) is 0 Å². The Bertz CT molecular complexity index is 671. The highest BCUT2D eigenvalue weighted by atomic mass is 16.5. The van der Waals surface area contributed by atoms with E-state index in [1.54, 1.807) is 13.3 Å². The van der Waals surface area contributed by atoms with E-state index in [1.165, 1.54) is 6.33 Å². The number of rotatable bonds is 5. The number of hydrazone groups is 1. The normalized spacial score (nSPS) is 14.9. The monoisotopic (exact) mass is 313 g/mol. The lowest BCUT2D eigenvalue weighted by molar-refractivity contribution is 0.122. The van der Waals surface area contributed by atoms with Crippen LogP contribution in [-0.2, 0) is 4.74 Å². The predicted molar refractivity (Wildman–Crippen MR) is 89.3 cm³/mol. The fourth-order valence-electron chi connectivity index (χ4n) is 2.31. The number of hydrogen-bond donors (Lipinski definition) is 1. The van der Waals surface area contributed by atoms with E-state index in [1.807, 2.05) is 30.3 Å². The fraction of sp³-hybridized carbons (Fsp3) is 0.312. The quantitative estimate of drug-likeness (QED) is 0.670. The fourth-order valence-corrected chi connectivity index (χ4v) is 2.31. The Morgan fingerprint density at radius 1 is 1.26 bits per heavy atom. The van der Waals surface area contributed by atoms with Crippen LogP contribution in [-0.4, -0.2) is 49.6 Å². The van der Waals surface area contributed by atoms with Crippen molar-refractivity contribution >= 4 is 17.9 Å². The third-order valence-electron chi connectivity index (χ3n) is 3.51.